The molecule has 5 heteroatoms. The molecular formula is C13H24F2N2O. The zero-order valence-corrected chi connectivity index (χ0v) is 11.7. The minimum absolute atomic E-state index is 0.202. The van der Waals surface area contributed by atoms with Gasteiger partial charge in [-0.3, -0.25) is 4.79 Å². The maximum Gasteiger partial charge on any atom is 0.239 e. The predicted octanol–water partition coefficient (Wildman–Crippen LogP) is 2.22. The lowest BCUT2D eigenvalue weighted by atomic mass is 9.88. The van der Waals surface area contributed by atoms with Gasteiger partial charge in [0.25, 0.3) is 0 Å². The van der Waals surface area contributed by atoms with E-state index in [0.29, 0.717) is 12.6 Å². The van der Waals surface area contributed by atoms with Gasteiger partial charge < -0.3 is 9.80 Å². The number of amides is 1. The second kappa shape index (κ2) is 5.95. The molecule has 0 bridgehead atoms. The van der Waals surface area contributed by atoms with Crippen LogP contribution in [0.25, 0.3) is 0 Å². The molecule has 18 heavy (non-hydrogen) atoms. The Labute approximate surface area is 108 Å². The van der Waals surface area contributed by atoms with Gasteiger partial charge in [0.15, 0.2) is 0 Å². The first-order chi connectivity index (χ1) is 8.24. The largest absolute Gasteiger partial charge is 0.344 e. The summed E-state index contributed by atoms with van der Waals surface area (Å²) in [6.07, 6.45) is -0.364. The van der Waals surface area contributed by atoms with E-state index in [4.69, 9.17) is 0 Å². The molecule has 106 valence electrons. The molecule has 1 fully saturated rings. The third-order valence-corrected chi connectivity index (χ3v) is 3.55. The number of hydrogen-bond acceptors (Lipinski definition) is 2. The van der Waals surface area contributed by atoms with Crippen molar-refractivity contribution in [3.05, 3.63) is 0 Å². The maximum absolute atomic E-state index is 12.4. The highest BCUT2D eigenvalue weighted by Crippen LogP contribution is 2.27. The number of carbonyl (C=O) groups is 1. The van der Waals surface area contributed by atoms with Gasteiger partial charge in [0.2, 0.25) is 12.3 Å². The van der Waals surface area contributed by atoms with Crippen LogP contribution in [0.5, 0.6) is 0 Å². The van der Waals surface area contributed by atoms with E-state index < -0.39 is 11.8 Å². The minimum atomic E-state index is -2.44. The van der Waals surface area contributed by atoms with Crippen LogP contribution >= 0.6 is 0 Å². The molecule has 0 heterocycles. The Morgan fingerprint density at radius 3 is 2.28 bits per heavy atom. The van der Waals surface area contributed by atoms with Gasteiger partial charge in [-0.1, -0.05) is 13.8 Å². The Hall–Kier alpha value is -0.710. The Bertz CT molecular complexity index is 291. The summed E-state index contributed by atoms with van der Waals surface area (Å²) in [4.78, 5) is 15.9. The summed E-state index contributed by atoms with van der Waals surface area (Å²) < 4.78 is 24.8. The highest BCUT2D eigenvalue weighted by Gasteiger charge is 2.34. The molecule has 0 N–H and O–H groups in total. The molecule has 1 aliphatic carbocycles. The smallest absolute Gasteiger partial charge is 0.239 e. The van der Waals surface area contributed by atoms with Gasteiger partial charge in [0.1, 0.15) is 0 Å². The number of hydrogen-bond donors (Lipinski definition) is 0. The molecule has 0 saturated heterocycles. The number of halogens is 2. The molecule has 0 radical (unpaired) electrons. The molecule has 1 amide bonds. The Kier molecular flexibility index (Phi) is 5.08. The average molecular weight is 262 g/mol. The molecule has 0 aromatic heterocycles. The van der Waals surface area contributed by atoms with Crippen LogP contribution < -0.4 is 0 Å². The van der Waals surface area contributed by atoms with Crippen LogP contribution in [-0.4, -0.2) is 55.4 Å². The number of likely N-dealkylation sites (N-methyl/N-ethyl adjacent to an activating group) is 2. The van der Waals surface area contributed by atoms with Gasteiger partial charge in [0.05, 0.1) is 0 Å². The van der Waals surface area contributed by atoms with Gasteiger partial charge in [-0.05, 0) is 19.9 Å². The van der Waals surface area contributed by atoms with Crippen molar-refractivity contribution in [3.63, 3.8) is 0 Å². The summed E-state index contributed by atoms with van der Waals surface area (Å²) in [6.45, 7) is 4.57. The van der Waals surface area contributed by atoms with Crippen molar-refractivity contribution in [2.45, 2.75) is 45.6 Å². The van der Waals surface area contributed by atoms with E-state index in [-0.39, 0.29) is 12.3 Å². The van der Waals surface area contributed by atoms with Crippen molar-refractivity contribution in [1.29, 1.82) is 0 Å². The van der Waals surface area contributed by atoms with Gasteiger partial charge >= 0.3 is 0 Å². The van der Waals surface area contributed by atoms with Crippen molar-refractivity contribution in [1.82, 2.24) is 9.80 Å². The van der Waals surface area contributed by atoms with Crippen molar-refractivity contribution in [3.8, 4) is 0 Å². The first kappa shape index (κ1) is 15.3. The van der Waals surface area contributed by atoms with Crippen LogP contribution in [0.15, 0.2) is 0 Å². The van der Waals surface area contributed by atoms with E-state index in [1.807, 2.05) is 7.05 Å². The lowest BCUT2D eigenvalue weighted by Crippen LogP contribution is -2.42. The minimum Gasteiger partial charge on any atom is -0.344 e. The SMILES string of the molecule is CN(CCN(C)C1CC1)C(=O)C(C)(C)CC(F)F. The predicted molar refractivity (Wildman–Crippen MR) is 67.7 cm³/mol. The lowest BCUT2D eigenvalue weighted by molar-refractivity contribution is -0.141. The van der Waals surface area contributed by atoms with Gasteiger partial charge in [0, 0.05) is 38.0 Å². The van der Waals surface area contributed by atoms with Crippen LogP contribution in [0.2, 0.25) is 0 Å². The van der Waals surface area contributed by atoms with E-state index in [2.05, 4.69) is 4.90 Å². The molecule has 0 spiro atoms. The standard InChI is InChI=1S/C13H24F2N2O/c1-13(2,9-11(14)15)12(18)17(4)8-7-16(3)10-5-6-10/h10-11H,5-9H2,1-4H3. The molecule has 0 atom stereocenters. The van der Waals surface area contributed by atoms with Crippen molar-refractivity contribution >= 4 is 5.91 Å². The van der Waals surface area contributed by atoms with Crippen LogP contribution in [0.3, 0.4) is 0 Å². The quantitative estimate of drug-likeness (QED) is 0.702. The normalized spacial score (nSPS) is 16.4. The summed E-state index contributed by atoms with van der Waals surface area (Å²) in [7, 11) is 3.73. The monoisotopic (exact) mass is 262 g/mol. The van der Waals surface area contributed by atoms with Crippen LogP contribution in [0, 0.1) is 5.41 Å². The molecule has 0 unspecified atom stereocenters. The molecule has 3 nitrogen and oxygen atoms in total. The number of alkyl halides is 2. The third kappa shape index (κ3) is 4.52. The van der Waals surface area contributed by atoms with Gasteiger partial charge in [-0.15, -0.1) is 0 Å². The topological polar surface area (TPSA) is 23.6 Å². The second-order valence-corrected chi connectivity index (χ2v) is 5.92. The highest BCUT2D eigenvalue weighted by atomic mass is 19.3. The fraction of sp³-hybridized carbons (Fsp3) is 0.923. The zero-order valence-electron chi connectivity index (χ0n) is 11.7. The highest BCUT2D eigenvalue weighted by molar-refractivity contribution is 5.81. The summed E-state index contributed by atoms with van der Waals surface area (Å²) in [5.41, 5.74) is -0.985. The first-order valence-corrected chi connectivity index (χ1v) is 6.48. The van der Waals surface area contributed by atoms with Crippen molar-refractivity contribution < 1.29 is 13.6 Å². The third-order valence-electron chi connectivity index (χ3n) is 3.55. The van der Waals surface area contributed by atoms with Crippen molar-refractivity contribution in [2.75, 3.05) is 27.2 Å². The van der Waals surface area contributed by atoms with E-state index in [0.717, 1.165) is 6.54 Å². The van der Waals surface area contributed by atoms with E-state index in [1.165, 1.54) is 12.8 Å². The fourth-order valence-corrected chi connectivity index (χ4v) is 2.10. The fourth-order valence-electron chi connectivity index (χ4n) is 2.10. The Morgan fingerprint density at radius 1 is 1.28 bits per heavy atom. The van der Waals surface area contributed by atoms with Gasteiger partial charge in [-0.2, -0.15) is 0 Å². The average Bonchev–Trinajstić information content (AvgIpc) is 3.06. The molecule has 0 aromatic rings. The number of rotatable bonds is 7. The van der Waals surface area contributed by atoms with Crippen LogP contribution in [0.1, 0.15) is 33.1 Å². The van der Waals surface area contributed by atoms with Gasteiger partial charge in [-0.25, -0.2) is 8.78 Å². The molecule has 0 aliphatic heterocycles. The Morgan fingerprint density at radius 2 is 1.83 bits per heavy atom. The number of nitrogens with zero attached hydrogens (tertiary/aromatic N) is 2. The van der Waals surface area contributed by atoms with E-state index in [1.54, 1.807) is 25.8 Å². The molecule has 0 aromatic carbocycles. The van der Waals surface area contributed by atoms with E-state index >= 15 is 0 Å². The van der Waals surface area contributed by atoms with E-state index in [9.17, 15) is 13.6 Å². The van der Waals surface area contributed by atoms with Crippen molar-refractivity contribution in [2.24, 2.45) is 5.41 Å². The Balaban J connectivity index is 2.39. The lowest BCUT2D eigenvalue weighted by Gasteiger charge is -2.30. The molecule has 1 aliphatic rings. The summed E-state index contributed by atoms with van der Waals surface area (Å²) in [6, 6.07) is 0.655. The molecular weight excluding hydrogens is 238 g/mol. The summed E-state index contributed by atoms with van der Waals surface area (Å²) >= 11 is 0. The number of carbonyl (C=O) groups excluding carboxylic acids is 1. The molecule has 1 saturated carbocycles. The zero-order chi connectivity index (χ0) is 13.9. The first-order valence-electron chi connectivity index (χ1n) is 6.48. The van der Waals surface area contributed by atoms with Crippen LogP contribution in [-0.2, 0) is 4.79 Å². The summed E-state index contributed by atoms with van der Waals surface area (Å²) in [5, 5.41) is 0. The summed E-state index contributed by atoms with van der Waals surface area (Å²) in [5.74, 6) is -0.202. The van der Waals surface area contributed by atoms with Crippen LogP contribution in [0.4, 0.5) is 8.78 Å². The maximum atomic E-state index is 12.4. The second-order valence-electron chi connectivity index (χ2n) is 5.92. The molecule has 1 rings (SSSR count).